The van der Waals surface area contributed by atoms with Gasteiger partial charge in [0.15, 0.2) is 6.61 Å². The lowest BCUT2D eigenvalue weighted by molar-refractivity contribution is -0.134. The third kappa shape index (κ3) is 6.51. The first kappa shape index (κ1) is 20.2. The lowest BCUT2D eigenvalue weighted by Crippen LogP contribution is -2.36. The molecule has 0 fully saturated rings. The summed E-state index contributed by atoms with van der Waals surface area (Å²) in [6.45, 7) is 1.17. The first-order valence-electron chi connectivity index (χ1n) is 9.69. The van der Waals surface area contributed by atoms with E-state index in [-0.39, 0.29) is 12.5 Å². The van der Waals surface area contributed by atoms with Gasteiger partial charge in [-0.05, 0) is 35.2 Å². The summed E-state index contributed by atoms with van der Waals surface area (Å²) < 4.78 is 5.70. The van der Waals surface area contributed by atoms with Gasteiger partial charge in [-0.15, -0.1) is 0 Å². The van der Waals surface area contributed by atoms with Crippen LogP contribution in [0.4, 0.5) is 0 Å². The summed E-state index contributed by atoms with van der Waals surface area (Å²) in [5.41, 5.74) is 3.22. The molecule has 0 unspecified atom stereocenters. The number of nitrogens with zero attached hydrogens (tertiary/aromatic N) is 2. The van der Waals surface area contributed by atoms with Crippen LogP contribution in [0.2, 0.25) is 0 Å². The number of amides is 1. The number of rotatable bonds is 9. The Morgan fingerprint density at radius 2 is 1.45 bits per heavy atom. The lowest BCUT2D eigenvalue weighted by atomic mass is 10.1. The molecule has 0 N–H and O–H groups in total. The zero-order valence-corrected chi connectivity index (χ0v) is 16.3. The Labute approximate surface area is 172 Å². The van der Waals surface area contributed by atoms with Crippen LogP contribution in [0.1, 0.15) is 16.7 Å². The van der Waals surface area contributed by atoms with Gasteiger partial charge in [-0.3, -0.25) is 4.79 Å². The third-order valence-electron chi connectivity index (χ3n) is 4.65. The molecule has 3 aromatic rings. The number of carbonyl (C=O) groups excluding carboxylic acids is 1. The lowest BCUT2D eigenvalue weighted by Gasteiger charge is -2.23. The highest BCUT2D eigenvalue weighted by atomic mass is 16.5. The van der Waals surface area contributed by atoms with Crippen molar-refractivity contribution in [1.82, 2.24) is 4.90 Å². The van der Waals surface area contributed by atoms with Gasteiger partial charge in [0.25, 0.3) is 5.91 Å². The molecule has 146 valence electrons. The van der Waals surface area contributed by atoms with E-state index in [0.29, 0.717) is 25.3 Å². The van der Waals surface area contributed by atoms with Gasteiger partial charge in [-0.1, -0.05) is 72.8 Å². The molecule has 0 bridgehead atoms. The maximum absolute atomic E-state index is 12.9. The Morgan fingerprint density at radius 1 is 0.828 bits per heavy atom. The van der Waals surface area contributed by atoms with Crippen molar-refractivity contribution in [3.63, 3.8) is 0 Å². The van der Waals surface area contributed by atoms with Crippen molar-refractivity contribution >= 4 is 5.91 Å². The van der Waals surface area contributed by atoms with E-state index in [4.69, 9.17) is 10.00 Å². The Bertz CT molecular complexity index is 932. The second-order valence-electron chi connectivity index (χ2n) is 6.80. The van der Waals surface area contributed by atoms with Gasteiger partial charge in [0.1, 0.15) is 5.75 Å². The maximum Gasteiger partial charge on any atom is 0.260 e. The van der Waals surface area contributed by atoms with Gasteiger partial charge in [-0.25, -0.2) is 0 Å². The van der Waals surface area contributed by atoms with E-state index in [1.165, 1.54) is 5.56 Å². The summed E-state index contributed by atoms with van der Waals surface area (Å²) in [6.07, 6.45) is 1.16. The average Bonchev–Trinajstić information content (AvgIpc) is 2.77. The summed E-state index contributed by atoms with van der Waals surface area (Å²) in [7, 11) is 0. The maximum atomic E-state index is 12.9. The molecule has 1 amide bonds. The van der Waals surface area contributed by atoms with Gasteiger partial charge < -0.3 is 9.64 Å². The van der Waals surface area contributed by atoms with Crippen molar-refractivity contribution in [1.29, 1.82) is 5.26 Å². The fourth-order valence-electron chi connectivity index (χ4n) is 3.04. The molecule has 4 heteroatoms. The van der Waals surface area contributed by atoms with Crippen molar-refractivity contribution < 1.29 is 9.53 Å². The van der Waals surface area contributed by atoms with Crippen LogP contribution in [-0.2, 0) is 24.2 Å². The van der Waals surface area contributed by atoms with Crippen LogP contribution in [0.5, 0.6) is 5.75 Å². The normalized spacial score (nSPS) is 10.2. The molecule has 0 heterocycles. The second-order valence-corrected chi connectivity index (χ2v) is 6.80. The number of benzene rings is 3. The van der Waals surface area contributed by atoms with Crippen LogP contribution in [-0.4, -0.2) is 24.0 Å². The Balaban J connectivity index is 1.62. The highest BCUT2D eigenvalue weighted by Gasteiger charge is 2.15. The minimum Gasteiger partial charge on any atom is -0.484 e. The molecule has 0 saturated carbocycles. The predicted octanol–water partition coefficient (Wildman–Crippen LogP) is 4.40. The Kier molecular flexibility index (Phi) is 7.42. The number of hydrogen-bond acceptors (Lipinski definition) is 3. The molecule has 3 aromatic carbocycles. The summed E-state index contributed by atoms with van der Waals surface area (Å²) in [5.74, 6) is 0.577. The molecule has 0 saturated heterocycles. The third-order valence-corrected chi connectivity index (χ3v) is 4.65. The monoisotopic (exact) mass is 384 g/mol. The zero-order valence-electron chi connectivity index (χ0n) is 16.3. The van der Waals surface area contributed by atoms with Crippen LogP contribution in [0.25, 0.3) is 0 Å². The molecule has 3 rings (SSSR count). The Hall–Kier alpha value is -3.58. The van der Waals surface area contributed by atoms with Crippen LogP contribution < -0.4 is 4.74 Å². The smallest absolute Gasteiger partial charge is 0.260 e. The van der Waals surface area contributed by atoms with Crippen molar-refractivity contribution in [3.8, 4) is 11.8 Å². The van der Waals surface area contributed by atoms with Crippen LogP contribution in [0.3, 0.4) is 0 Å². The number of hydrogen-bond donors (Lipinski definition) is 0. The highest BCUT2D eigenvalue weighted by Crippen LogP contribution is 2.13. The van der Waals surface area contributed by atoms with Crippen molar-refractivity contribution in [3.05, 3.63) is 102 Å². The van der Waals surface area contributed by atoms with E-state index in [1.54, 1.807) is 12.1 Å². The largest absolute Gasteiger partial charge is 0.484 e. The van der Waals surface area contributed by atoms with Gasteiger partial charge in [0.2, 0.25) is 0 Å². The molecule has 0 atom stereocenters. The van der Waals surface area contributed by atoms with Crippen molar-refractivity contribution in [2.45, 2.75) is 19.4 Å². The number of carbonyl (C=O) groups is 1. The van der Waals surface area contributed by atoms with Crippen molar-refractivity contribution in [2.24, 2.45) is 0 Å². The van der Waals surface area contributed by atoms with Crippen LogP contribution in [0, 0.1) is 11.3 Å². The first-order chi connectivity index (χ1) is 14.2. The van der Waals surface area contributed by atoms with E-state index >= 15 is 0 Å². The van der Waals surface area contributed by atoms with Gasteiger partial charge in [0.05, 0.1) is 12.5 Å². The molecule has 29 heavy (non-hydrogen) atoms. The minimum absolute atomic E-state index is 0.0147. The fourth-order valence-corrected chi connectivity index (χ4v) is 3.04. The molecule has 0 aromatic heterocycles. The SMILES string of the molecule is N#CCc1ccc(OCC(=O)N(CCc2ccccc2)Cc2ccccc2)cc1. The molecule has 0 radical (unpaired) electrons. The minimum atomic E-state index is -0.0501. The van der Waals surface area contributed by atoms with Crippen LogP contribution in [0.15, 0.2) is 84.9 Å². The van der Waals surface area contributed by atoms with E-state index in [9.17, 15) is 4.79 Å². The Morgan fingerprint density at radius 3 is 2.07 bits per heavy atom. The van der Waals surface area contributed by atoms with Crippen molar-refractivity contribution in [2.75, 3.05) is 13.2 Å². The molecule has 0 aliphatic rings. The summed E-state index contributed by atoms with van der Waals surface area (Å²) in [6, 6.07) is 29.6. The zero-order chi connectivity index (χ0) is 20.3. The van der Waals surface area contributed by atoms with E-state index < -0.39 is 0 Å². The topological polar surface area (TPSA) is 53.3 Å². The van der Waals surface area contributed by atoms with E-state index in [1.807, 2.05) is 65.6 Å². The molecule has 0 aliphatic heterocycles. The van der Waals surface area contributed by atoms with Gasteiger partial charge in [-0.2, -0.15) is 5.26 Å². The average molecular weight is 384 g/mol. The predicted molar refractivity (Wildman–Crippen MR) is 113 cm³/mol. The summed E-state index contributed by atoms with van der Waals surface area (Å²) >= 11 is 0. The highest BCUT2D eigenvalue weighted by molar-refractivity contribution is 5.77. The second kappa shape index (κ2) is 10.7. The van der Waals surface area contributed by atoms with Gasteiger partial charge in [0, 0.05) is 13.1 Å². The number of ether oxygens (including phenoxy) is 1. The molecule has 4 nitrogen and oxygen atoms in total. The molecular formula is C25H24N2O2. The fraction of sp³-hybridized carbons (Fsp3) is 0.200. The molecule has 0 aliphatic carbocycles. The molecular weight excluding hydrogens is 360 g/mol. The summed E-state index contributed by atoms with van der Waals surface area (Å²) in [5, 5.41) is 8.75. The van der Waals surface area contributed by atoms with Gasteiger partial charge >= 0.3 is 0 Å². The quantitative estimate of drug-likeness (QED) is 0.549. The first-order valence-corrected chi connectivity index (χ1v) is 9.69. The van der Waals surface area contributed by atoms with Crippen LogP contribution >= 0.6 is 0 Å². The number of nitriles is 1. The molecule has 0 spiro atoms. The van der Waals surface area contributed by atoms with E-state index in [2.05, 4.69) is 18.2 Å². The standard InChI is InChI=1S/C25H24N2O2/c26-17-15-22-11-13-24(14-12-22)29-20-25(28)27(19-23-9-5-2-6-10-23)18-16-21-7-3-1-4-8-21/h1-14H,15-16,18-20H2. The summed E-state index contributed by atoms with van der Waals surface area (Å²) in [4.78, 5) is 14.7. The van der Waals surface area contributed by atoms with E-state index in [0.717, 1.165) is 17.5 Å².